The Hall–Kier alpha value is -2.04. The maximum atomic E-state index is 9.43. The van der Waals surface area contributed by atoms with Gasteiger partial charge >= 0.3 is 0 Å². The normalized spacial score (nSPS) is 10.8. The minimum absolute atomic E-state index is 0.209. The number of rotatable bonds is 4. The molecule has 0 aliphatic rings. The smallest absolute Gasteiger partial charge is 0.123 e. The Balaban J connectivity index is 1.88. The van der Waals surface area contributed by atoms with Crippen LogP contribution in [0.1, 0.15) is 11.1 Å². The molecule has 3 nitrogen and oxygen atoms in total. The van der Waals surface area contributed by atoms with E-state index in [1.807, 2.05) is 18.2 Å². The molecule has 1 heterocycles. The molecule has 3 N–H and O–H groups in total. The van der Waals surface area contributed by atoms with E-state index in [9.17, 15) is 5.11 Å². The number of thiophene rings is 1. The minimum Gasteiger partial charge on any atom is -0.508 e. The van der Waals surface area contributed by atoms with Crippen LogP contribution in [0.3, 0.4) is 0 Å². The van der Waals surface area contributed by atoms with Crippen LogP contribution in [0.5, 0.6) is 11.5 Å². The van der Waals surface area contributed by atoms with Crippen molar-refractivity contribution in [2.45, 2.75) is 13.2 Å². The zero-order valence-electron chi connectivity index (χ0n) is 10.9. The lowest BCUT2D eigenvalue weighted by Crippen LogP contribution is -1.99. The van der Waals surface area contributed by atoms with Crippen LogP contribution in [0.4, 0.5) is 0 Å². The molecule has 0 bridgehead atoms. The fourth-order valence-corrected chi connectivity index (χ4v) is 3.24. The minimum atomic E-state index is 0.209. The standard InChI is InChI=1S/C16H15NO2S/c17-8-11-3-1-6-15-16(11)12(10-20-15)9-19-14-5-2-4-13(18)7-14/h1-7,10,18H,8-9,17H2. The lowest BCUT2D eigenvalue weighted by molar-refractivity contribution is 0.306. The van der Waals surface area contributed by atoms with Crippen LogP contribution in [-0.4, -0.2) is 5.11 Å². The van der Waals surface area contributed by atoms with Crippen molar-refractivity contribution in [1.82, 2.24) is 0 Å². The molecule has 0 fully saturated rings. The molecule has 0 saturated carbocycles. The summed E-state index contributed by atoms with van der Waals surface area (Å²) in [6.07, 6.45) is 0. The number of benzene rings is 2. The number of phenolic OH excluding ortho intramolecular Hbond substituents is 1. The van der Waals surface area contributed by atoms with E-state index in [4.69, 9.17) is 10.5 Å². The molecule has 4 heteroatoms. The average Bonchev–Trinajstić information content (AvgIpc) is 2.88. The van der Waals surface area contributed by atoms with Crippen molar-refractivity contribution in [3.8, 4) is 11.5 Å². The predicted molar refractivity (Wildman–Crippen MR) is 82.2 cm³/mol. The van der Waals surface area contributed by atoms with Gasteiger partial charge in [-0.2, -0.15) is 0 Å². The third-order valence-electron chi connectivity index (χ3n) is 3.19. The number of fused-ring (bicyclic) bond motifs is 1. The number of nitrogens with two attached hydrogens (primary N) is 1. The van der Waals surface area contributed by atoms with E-state index in [0.29, 0.717) is 18.9 Å². The summed E-state index contributed by atoms with van der Waals surface area (Å²) in [5.41, 5.74) is 8.07. The number of aromatic hydroxyl groups is 1. The van der Waals surface area contributed by atoms with Crippen molar-refractivity contribution in [3.05, 3.63) is 59.0 Å². The van der Waals surface area contributed by atoms with E-state index in [1.54, 1.807) is 29.5 Å². The molecule has 102 valence electrons. The van der Waals surface area contributed by atoms with Gasteiger partial charge < -0.3 is 15.6 Å². The molecular weight excluding hydrogens is 270 g/mol. The summed E-state index contributed by atoms with van der Waals surface area (Å²) < 4.78 is 6.97. The molecule has 0 spiro atoms. The average molecular weight is 285 g/mol. The quantitative estimate of drug-likeness (QED) is 0.769. The van der Waals surface area contributed by atoms with E-state index < -0.39 is 0 Å². The number of phenols is 1. The molecule has 3 rings (SSSR count). The lowest BCUT2D eigenvalue weighted by atomic mass is 10.1. The first-order valence-electron chi connectivity index (χ1n) is 6.38. The van der Waals surface area contributed by atoms with Crippen molar-refractivity contribution in [2.24, 2.45) is 5.73 Å². The van der Waals surface area contributed by atoms with Gasteiger partial charge in [-0.05, 0) is 29.1 Å². The lowest BCUT2D eigenvalue weighted by Gasteiger charge is -2.07. The summed E-state index contributed by atoms with van der Waals surface area (Å²) in [5, 5.41) is 12.7. The first-order chi connectivity index (χ1) is 9.78. The van der Waals surface area contributed by atoms with Crippen molar-refractivity contribution in [1.29, 1.82) is 0 Å². The molecule has 1 aromatic heterocycles. The molecule has 0 saturated heterocycles. The van der Waals surface area contributed by atoms with E-state index in [-0.39, 0.29) is 5.75 Å². The SMILES string of the molecule is NCc1cccc2scc(COc3cccc(O)c3)c12. The molecule has 0 aliphatic heterocycles. The van der Waals surface area contributed by atoms with Crippen LogP contribution in [0, 0.1) is 0 Å². The molecule has 0 amide bonds. The summed E-state index contributed by atoms with van der Waals surface area (Å²) in [6.45, 7) is 0.994. The van der Waals surface area contributed by atoms with Crippen LogP contribution in [-0.2, 0) is 13.2 Å². The Kier molecular flexibility index (Phi) is 3.58. The van der Waals surface area contributed by atoms with Crippen molar-refractivity contribution in [3.63, 3.8) is 0 Å². The monoisotopic (exact) mass is 285 g/mol. The van der Waals surface area contributed by atoms with Crippen LogP contribution in [0.25, 0.3) is 10.1 Å². The second-order valence-corrected chi connectivity index (χ2v) is 5.45. The van der Waals surface area contributed by atoms with Crippen molar-refractivity contribution < 1.29 is 9.84 Å². The fraction of sp³-hybridized carbons (Fsp3) is 0.125. The first-order valence-corrected chi connectivity index (χ1v) is 7.26. The zero-order chi connectivity index (χ0) is 13.9. The number of hydrogen-bond donors (Lipinski definition) is 2. The van der Waals surface area contributed by atoms with Crippen LogP contribution in [0.2, 0.25) is 0 Å². The largest absolute Gasteiger partial charge is 0.508 e. The summed E-state index contributed by atoms with van der Waals surface area (Å²) in [7, 11) is 0. The van der Waals surface area contributed by atoms with Gasteiger partial charge in [0.1, 0.15) is 18.1 Å². The maximum absolute atomic E-state index is 9.43. The fourth-order valence-electron chi connectivity index (χ4n) is 2.24. The first kappa shape index (κ1) is 13.0. The highest BCUT2D eigenvalue weighted by molar-refractivity contribution is 7.17. The van der Waals surface area contributed by atoms with Gasteiger partial charge in [-0.25, -0.2) is 0 Å². The summed E-state index contributed by atoms with van der Waals surface area (Å²) in [4.78, 5) is 0. The van der Waals surface area contributed by atoms with Crippen molar-refractivity contribution >= 4 is 21.4 Å². The van der Waals surface area contributed by atoms with E-state index in [0.717, 1.165) is 11.1 Å². The molecule has 2 aromatic carbocycles. The van der Waals surface area contributed by atoms with Gasteiger partial charge in [0.25, 0.3) is 0 Å². The van der Waals surface area contributed by atoms with Gasteiger partial charge in [-0.1, -0.05) is 18.2 Å². The van der Waals surface area contributed by atoms with Gasteiger partial charge in [-0.15, -0.1) is 11.3 Å². The second kappa shape index (κ2) is 5.53. The Morgan fingerprint density at radius 2 is 1.95 bits per heavy atom. The van der Waals surface area contributed by atoms with Crippen LogP contribution < -0.4 is 10.5 Å². The molecular formula is C16H15NO2S. The molecule has 0 radical (unpaired) electrons. The second-order valence-electron chi connectivity index (χ2n) is 4.54. The van der Waals surface area contributed by atoms with Gasteiger partial charge in [0.05, 0.1) is 0 Å². The number of ether oxygens (including phenoxy) is 1. The van der Waals surface area contributed by atoms with E-state index >= 15 is 0 Å². The Bertz CT molecular complexity index is 736. The molecule has 0 atom stereocenters. The van der Waals surface area contributed by atoms with Gasteiger partial charge in [0.15, 0.2) is 0 Å². The summed E-state index contributed by atoms with van der Waals surface area (Å²) in [6, 6.07) is 13.0. The van der Waals surface area contributed by atoms with Crippen LogP contribution in [0.15, 0.2) is 47.8 Å². The Morgan fingerprint density at radius 3 is 2.75 bits per heavy atom. The molecule has 3 aromatic rings. The summed E-state index contributed by atoms with van der Waals surface area (Å²) in [5.74, 6) is 0.870. The number of hydrogen-bond acceptors (Lipinski definition) is 4. The topological polar surface area (TPSA) is 55.5 Å². The van der Waals surface area contributed by atoms with Gasteiger partial charge in [0, 0.05) is 28.3 Å². The predicted octanol–water partition coefficient (Wildman–Crippen LogP) is 3.64. The third kappa shape index (κ3) is 2.48. The highest BCUT2D eigenvalue weighted by Crippen LogP contribution is 2.30. The van der Waals surface area contributed by atoms with Crippen LogP contribution >= 0.6 is 11.3 Å². The highest BCUT2D eigenvalue weighted by atomic mass is 32.1. The maximum Gasteiger partial charge on any atom is 0.123 e. The Labute approximate surface area is 121 Å². The summed E-state index contributed by atoms with van der Waals surface area (Å²) >= 11 is 1.70. The van der Waals surface area contributed by atoms with Gasteiger partial charge in [-0.3, -0.25) is 0 Å². The van der Waals surface area contributed by atoms with Crippen molar-refractivity contribution in [2.75, 3.05) is 0 Å². The van der Waals surface area contributed by atoms with E-state index in [1.165, 1.54) is 10.1 Å². The zero-order valence-corrected chi connectivity index (χ0v) is 11.7. The molecule has 0 aliphatic carbocycles. The third-order valence-corrected chi connectivity index (χ3v) is 4.19. The van der Waals surface area contributed by atoms with E-state index in [2.05, 4.69) is 11.4 Å². The highest BCUT2D eigenvalue weighted by Gasteiger charge is 2.08. The van der Waals surface area contributed by atoms with Gasteiger partial charge in [0.2, 0.25) is 0 Å². The molecule has 20 heavy (non-hydrogen) atoms. The molecule has 0 unspecified atom stereocenters. The Morgan fingerprint density at radius 1 is 1.10 bits per heavy atom.